The smallest absolute Gasteiger partial charge is 0.128 e. The van der Waals surface area contributed by atoms with Crippen molar-refractivity contribution in [3.8, 4) is 0 Å². The molecular weight excluding hydrogens is 251 g/mol. The summed E-state index contributed by atoms with van der Waals surface area (Å²) in [6.07, 6.45) is 0. The van der Waals surface area contributed by atoms with Gasteiger partial charge in [-0.05, 0) is 29.3 Å². The summed E-state index contributed by atoms with van der Waals surface area (Å²) in [7, 11) is 0. The summed E-state index contributed by atoms with van der Waals surface area (Å²) in [5.41, 5.74) is 13.8. The quantitative estimate of drug-likeness (QED) is 0.895. The van der Waals surface area contributed by atoms with Crippen molar-refractivity contribution in [1.29, 1.82) is 0 Å². The maximum Gasteiger partial charge on any atom is 0.128 e. The van der Waals surface area contributed by atoms with Crippen LogP contribution in [0.3, 0.4) is 0 Å². The summed E-state index contributed by atoms with van der Waals surface area (Å²) in [4.78, 5) is 0. The third-order valence-corrected chi connectivity index (χ3v) is 3.10. The molecule has 0 amide bonds. The van der Waals surface area contributed by atoms with Gasteiger partial charge < -0.3 is 11.5 Å². The van der Waals surface area contributed by atoms with Gasteiger partial charge in [-0.15, -0.1) is 0 Å². The minimum Gasteiger partial charge on any atom is -0.326 e. The van der Waals surface area contributed by atoms with E-state index in [1.807, 2.05) is 24.3 Å². The molecule has 0 aliphatic heterocycles. The number of hydrogen-bond donors (Lipinski definition) is 2. The fourth-order valence-electron chi connectivity index (χ4n) is 1.79. The van der Waals surface area contributed by atoms with Crippen LogP contribution < -0.4 is 11.5 Å². The molecule has 2 aromatic rings. The minimum absolute atomic E-state index is 0.352. The summed E-state index contributed by atoms with van der Waals surface area (Å²) >= 11 is 5.86. The van der Waals surface area contributed by atoms with Gasteiger partial charge in [0.05, 0.1) is 6.04 Å². The van der Waals surface area contributed by atoms with Crippen molar-refractivity contribution in [3.05, 3.63) is 70.0 Å². The highest BCUT2D eigenvalue weighted by molar-refractivity contribution is 6.30. The first-order valence-corrected chi connectivity index (χ1v) is 5.99. The van der Waals surface area contributed by atoms with E-state index in [1.165, 1.54) is 12.1 Å². The van der Waals surface area contributed by atoms with Crippen molar-refractivity contribution in [2.24, 2.45) is 11.5 Å². The second-order valence-corrected chi connectivity index (χ2v) is 4.53. The normalized spacial score (nSPS) is 12.4. The van der Waals surface area contributed by atoms with E-state index in [9.17, 15) is 4.39 Å². The van der Waals surface area contributed by atoms with Crippen LogP contribution in [0.4, 0.5) is 4.39 Å². The molecule has 0 saturated carbocycles. The molecule has 0 bridgehead atoms. The lowest BCUT2D eigenvalue weighted by atomic mass is 9.98. The van der Waals surface area contributed by atoms with Crippen LogP contribution in [-0.2, 0) is 6.54 Å². The van der Waals surface area contributed by atoms with Crippen LogP contribution >= 0.6 is 11.6 Å². The molecule has 0 aliphatic carbocycles. The first-order chi connectivity index (χ1) is 8.61. The Bertz CT molecular complexity index is 540. The van der Waals surface area contributed by atoms with Crippen LogP contribution in [0.15, 0.2) is 42.5 Å². The SMILES string of the molecule is NCc1ccc(C(N)c2cc(Cl)ccc2F)cc1. The van der Waals surface area contributed by atoms with Gasteiger partial charge in [0.15, 0.2) is 0 Å². The molecule has 2 nitrogen and oxygen atoms in total. The Hall–Kier alpha value is -1.42. The monoisotopic (exact) mass is 264 g/mol. The van der Waals surface area contributed by atoms with Gasteiger partial charge in [-0.25, -0.2) is 4.39 Å². The Morgan fingerprint density at radius 1 is 1.11 bits per heavy atom. The maximum atomic E-state index is 13.7. The molecule has 0 heterocycles. The van der Waals surface area contributed by atoms with Crippen molar-refractivity contribution in [2.45, 2.75) is 12.6 Å². The first-order valence-electron chi connectivity index (χ1n) is 5.61. The van der Waals surface area contributed by atoms with E-state index in [0.717, 1.165) is 11.1 Å². The predicted molar refractivity (Wildman–Crippen MR) is 71.8 cm³/mol. The highest BCUT2D eigenvalue weighted by Crippen LogP contribution is 2.25. The number of hydrogen-bond acceptors (Lipinski definition) is 2. The third kappa shape index (κ3) is 2.70. The maximum absolute atomic E-state index is 13.7. The average molecular weight is 265 g/mol. The molecule has 0 radical (unpaired) electrons. The van der Waals surface area contributed by atoms with Crippen LogP contribution in [0.25, 0.3) is 0 Å². The van der Waals surface area contributed by atoms with E-state index in [4.69, 9.17) is 23.1 Å². The molecule has 2 rings (SSSR count). The Labute approximate surface area is 110 Å². The fourth-order valence-corrected chi connectivity index (χ4v) is 1.97. The molecule has 1 unspecified atom stereocenters. The van der Waals surface area contributed by atoms with Gasteiger partial charge in [-0.1, -0.05) is 35.9 Å². The summed E-state index contributed by atoms with van der Waals surface area (Å²) in [6, 6.07) is 11.3. The third-order valence-electron chi connectivity index (χ3n) is 2.87. The molecule has 94 valence electrons. The molecule has 0 fully saturated rings. The van der Waals surface area contributed by atoms with E-state index in [1.54, 1.807) is 6.07 Å². The molecule has 0 spiro atoms. The van der Waals surface area contributed by atoms with E-state index in [0.29, 0.717) is 17.1 Å². The van der Waals surface area contributed by atoms with E-state index in [-0.39, 0.29) is 5.82 Å². The minimum atomic E-state index is -0.532. The lowest BCUT2D eigenvalue weighted by Crippen LogP contribution is -2.13. The van der Waals surface area contributed by atoms with Gasteiger partial charge in [0.2, 0.25) is 0 Å². The summed E-state index contributed by atoms with van der Waals surface area (Å²) in [6.45, 7) is 0.473. The molecule has 4 heteroatoms. The van der Waals surface area contributed by atoms with Crippen LogP contribution in [0.5, 0.6) is 0 Å². The summed E-state index contributed by atoms with van der Waals surface area (Å²) < 4.78 is 13.7. The van der Waals surface area contributed by atoms with E-state index >= 15 is 0 Å². The first kappa shape index (κ1) is 13.0. The average Bonchev–Trinajstić information content (AvgIpc) is 2.41. The van der Waals surface area contributed by atoms with Gasteiger partial charge in [0, 0.05) is 17.1 Å². The van der Waals surface area contributed by atoms with Crippen LogP contribution in [0.1, 0.15) is 22.7 Å². The van der Waals surface area contributed by atoms with Gasteiger partial charge in [0.1, 0.15) is 5.82 Å². The van der Waals surface area contributed by atoms with Gasteiger partial charge in [-0.2, -0.15) is 0 Å². The molecule has 0 aliphatic rings. The molecule has 0 saturated heterocycles. The molecule has 2 aromatic carbocycles. The Morgan fingerprint density at radius 2 is 1.78 bits per heavy atom. The highest BCUT2D eigenvalue weighted by Gasteiger charge is 2.13. The number of nitrogens with two attached hydrogens (primary N) is 2. The largest absolute Gasteiger partial charge is 0.326 e. The topological polar surface area (TPSA) is 52.0 Å². The molecule has 0 aromatic heterocycles. The Balaban J connectivity index is 2.34. The van der Waals surface area contributed by atoms with Crippen molar-refractivity contribution >= 4 is 11.6 Å². The lowest BCUT2D eigenvalue weighted by Gasteiger charge is -2.14. The van der Waals surface area contributed by atoms with E-state index in [2.05, 4.69) is 0 Å². The standard InChI is InChI=1S/C14H14ClFN2/c15-11-5-6-13(16)12(7-11)14(18)10-3-1-9(8-17)2-4-10/h1-7,14H,8,17-18H2. The predicted octanol–water partition coefficient (Wildman–Crippen LogP) is 2.99. The van der Waals surface area contributed by atoms with Gasteiger partial charge in [0.25, 0.3) is 0 Å². The van der Waals surface area contributed by atoms with Crippen LogP contribution in [0.2, 0.25) is 5.02 Å². The molecule has 18 heavy (non-hydrogen) atoms. The lowest BCUT2D eigenvalue weighted by molar-refractivity contribution is 0.599. The second kappa shape index (κ2) is 5.48. The zero-order valence-electron chi connectivity index (χ0n) is 9.74. The Morgan fingerprint density at radius 3 is 2.39 bits per heavy atom. The van der Waals surface area contributed by atoms with Gasteiger partial charge in [-0.3, -0.25) is 0 Å². The van der Waals surface area contributed by atoms with Crippen LogP contribution in [0, 0.1) is 5.82 Å². The van der Waals surface area contributed by atoms with Crippen molar-refractivity contribution in [1.82, 2.24) is 0 Å². The highest BCUT2D eigenvalue weighted by atomic mass is 35.5. The van der Waals surface area contributed by atoms with Crippen molar-refractivity contribution in [3.63, 3.8) is 0 Å². The zero-order chi connectivity index (χ0) is 13.1. The molecular formula is C14H14ClFN2. The summed E-state index contributed by atoms with van der Waals surface area (Å²) in [5, 5.41) is 0.473. The number of benzene rings is 2. The Kier molecular flexibility index (Phi) is 3.97. The fraction of sp³-hybridized carbons (Fsp3) is 0.143. The van der Waals surface area contributed by atoms with Crippen molar-refractivity contribution in [2.75, 3.05) is 0 Å². The van der Waals surface area contributed by atoms with Crippen molar-refractivity contribution < 1.29 is 4.39 Å². The summed E-state index contributed by atoms with van der Waals surface area (Å²) in [5.74, 6) is -0.352. The zero-order valence-corrected chi connectivity index (χ0v) is 10.5. The number of halogens is 2. The second-order valence-electron chi connectivity index (χ2n) is 4.09. The van der Waals surface area contributed by atoms with Gasteiger partial charge >= 0.3 is 0 Å². The number of rotatable bonds is 3. The molecule has 4 N–H and O–H groups in total. The van der Waals surface area contributed by atoms with E-state index < -0.39 is 6.04 Å². The molecule has 1 atom stereocenters. The van der Waals surface area contributed by atoms with Crippen LogP contribution in [-0.4, -0.2) is 0 Å².